The van der Waals surface area contributed by atoms with Gasteiger partial charge in [-0.2, -0.15) is 17.0 Å². The van der Waals surface area contributed by atoms with Gasteiger partial charge < -0.3 is 4.98 Å². The first-order valence-electron chi connectivity index (χ1n) is 7.89. The smallest absolute Gasteiger partial charge is 0.281 e. The zero-order valence-corrected chi connectivity index (χ0v) is 14.9. The van der Waals surface area contributed by atoms with Crippen molar-refractivity contribution in [3.63, 3.8) is 0 Å². The predicted octanol–water partition coefficient (Wildman–Crippen LogP) is 1.16. The molecule has 0 spiro atoms. The average molecular weight is 350 g/mol. The monoisotopic (exact) mass is 350 g/mol. The van der Waals surface area contributed by atoms with E-state index in [4.69, 9.17) is 0 Å². The lowest BCUT2D eigenvalue weighted by molar-refractivity contribution is 0.300. The minimum absolute atomic E-state index is 0.210. The molecule has 8 nitrogen and oxygen atoms in total. The molecular weight excluding hydrogens is 328 g/mol. The fourth-order valence-corrected chi connectivity index (χ4v) is 3.98. The largest absolute Gasteiger partial charge is 0.341 e. The maximum absolute atomic E-state index is 12.2. The van der Waals surface area contributed by atoms with Crippen LogP contribution in [-0.4, -0.2) is 64.1 Å². The van der Waals surface area contributed by atoms with Crippen molar-refractivity contribution in [1.29, 1.82) is 0 Å². The molecule has 0 radical (unpaired) electrons. The van der Waals surface area contributed by atoms with E-state index in [1.807, 2.05) is 6.92 Å². The Morgan fingerprint density at radius 2 is 1.92 bits per heavy atom. The molecule has 3 rings (SSSR count). The Bertz CT molecular complexity index is 809. The first-order chi connectivity index (χ1) is 11.4. The van der Waals surface area contributed by atoms with Crippen LogP contribution in [0, 0.1) is 6.92 Å². The first-order valence-corrected chi connectivity index (χ1v) is 9.29. The van der Waals surface area contributed by atoms with Crippen molar-refractivity contribution in [3.8, 4) is 11.5 Å². The quantitative estimate of drug-likeness (QED) is 0.893. The van der Waals surface area contributed by atoms with Crippen molar-refractivity contribution in [3.05, 3.63) is 30.0 Å². The zero-order valence-electron chi connectivity index (χ0n) is 14.1. The van der Waals surface area contributed by atoms with E-state index >= 15 is 0 Å². The summed E-state index contributed by atoms with van der Waals surface area (Å²) in [7, 11) is -0.224. The highest BCUT2D eigenvalue weighted by molar-refractivity contribution is 7.86. The van der Waals surface area contributed by atoms with Crippen LogP contribution < -0.4 is 0 Å². The average Bonchev–Trinajstić information content (AvgIpc) is 3.01. The van der Waals surface area contributed by atoms with E-state index in [0.717, 1.165) is 24.2 Å². The lowest BCUT2D eigenvalue weighted by Crippen LogP contribution is -2.44. The van der Waals surface area contributed by atoms with E-state index in [9.17, 15) is 8.42 Å². The highest BCUT2D eigenvalue weighted by atomic mass is 32.2. The Hall–Kier alpha value is -1.84. The molecular formula is C15H22N6O2S. The Labute approximate surface area is 142 Å². The highest BCUT2D eigenvalue weighted by Crippen LogP contribution is 2.28. The van der Waals surface area contributed by atoms with Crippen LogP contribution in [0.1, 0.15) is 30.1 Å². The number of nitrogens with one attached hydrogen (secondary N) is 1. The molecule has 2 aromatic rings. The Morgan fingerprint density at radius 1 is 1.21 bits per heavy atom. The van der Waals surface area contributed by atoms with E-state index in [-0.39, 0.29) is 5.92 Å². The molecule has 0 bridgehead atoms. The number of nitrogens with zero attached hydrogens (tertiary/aromatic N) is 5. The van der Waals surface area contributed by atoms with Crippen molar-refractivity contribution in [2.75, 3.05) is 27.2 Å². The summed E-state index contributed by atoms with van der Waals surface area (Å²) in [6.07, 6.45) is 6.69. The second-order valence-electron chi connectivity index (χ2n) is 6.21. The minimum atomic E-state index is -3.34. The highest BCUT2D eigenvalue weighted by Gasteiger charge is 2.30. The van der Waals surface area contributed by atoms with Gasteiger partial charge in [-0.05, 0) is 19.8 Å². The molecule has 1 aliphatic heterocycles. The van der Waals surface area contributed by atoms with E-state index in [2.05, 4.69) is 19.9 Å². The molecule has 0 unspecified atom stereocenters. The number of aromatic amines is 1. The molecule has 0 aromatic carbocycles. The summed E-state index contributed by atoms with van der Waals surface area (Å²) in [5.74, 6) is 0.914. The molecule has 1 N–H and O–H groups in total. The molecule has 1 fully saturated rings. The first kappa shape index (κ1) is 17.0. The number of H-pyrrole nitrogens is 1. The molecule has 2 aromatic heterocycles. The molecule has 1 saturated heterocycles. The van der Waals surface area contributed by atoms with Gasteiger partial charge in [0.05, 0.1) is 11.9 Å². The van der Waals surface area contributed by atoms with Gasteiger partial charge in [0.1, 0.15) is 5.69 Å². The number of imidazole rings is 1. The summed E-state index contributed by atoms with van der Waals surface area (Å²) in [5.41, 5.74) is 2.58. The number of hydrogen-bond acceptors (Lipinski definition) is 5. The van der Waals surface area contributed by atoms with Crippen molar-refractivity contribution in [1.82, 2.24) is 28.5 Å². The van der Waals surface area contributed by atoms with Crippen molar-refractivity contribution in [2.45, 2.75) is 25.7 Å². The molecule has 130 valence electrons. The van der Waals surface area contributed by atoms with Gasteiger partial charge in [-0.3, -0.25) is 4.98 Å². The van der Waals surface area contributed by atoms with Gasteiger partial charge in [0.15, 0.2) is 5.82 Å². The lowest BCUT2D eigenvalue weighted by Gasteiger charge is -2.32. The van der Waals surface area contributed by atoms with Gasteiger partial charge >= 0.3 is 0 Å². The van der Waals surface area contributed by atoms with Crippen LogP contribution in [-0.2, 0) is 10.2 Å². The predicted molar refractivity (Wildman–Crippen MR) is 90.5 cm³/mol. The van der Waals surface area contributed by atoms with E-state index in [1.165, 1.54) is 8.61 Å². The molecule has 3 heterocycles. The van der Waals surface area contributed by atoms with E-state index in [1.54, 1.807) is 32.7 Å². The summed E-state index contributed by atoms with van der Waals surface area (Å²) in [6, 6.07) is 0. The van der Waals surface area contributed by atoms with Crippen LogP contribution in [0.25, 0.3) is 11.5 Å². The van der Waals surface area contributed by atoms with Gasteiger partial charge in [0.2, 0.25) is 0 Å². The van der Waals surface area contributed by atoms with Gasteiger partial charge in [-0.15, -0.1) is 0 Å². The molecule has 9 heteroatoms. The van der Waals surface area contributed by atoms with Gasteiger partial charge in [0, 0.05) is 51.2 Å². The SMILES string of the molecule is Cc1cnc(-c2cncc(C3CCN(S(=O)(=O)N(C)C)CC3)n2)[nH]1. The second-order valence-corrected chi connectivity index (χ2v) is 8.35. The summed E-state index contributed by atoms with van der Waals surface area (Å²) < 4.78 is 27.1. The van der Waals surface area contributed by atoms with E-state index in [0.29, 0.717) is 24.6 Å². The van der Waals surface area contributed by atoms with Crippen LogP contribution in [0.4, 0.5) is 0 Å². The molecule has 0 amide bonds. The Morgan fingerprint density at radius 3 is 2.50 bits per heavy atom. The third kappa shape index (κ3) is 3.33. The molecule has 0 aliphatic carbocycles. The van der Waals surface area contributed by atoms with Crippen LogP contribution in [0.5, 0.6) is 0 Å². The standard InChI is InChI=1S/C15H22N6O2S/c1-11-8-17-15(18-11)14-10-16-9-13(19-14)12-4-6-21(7-5-12)24(22,23)20(2)3/h8-10,12H,4-7H2,1-3H3,(H,17,18). The fourth-order valence-electron chi connectivity index (χ4n) is 2.85. The number of aryl methyl sites for hydroxylation is 1. The fraction of sp³-hybridized carbons (Fsp3) is 0.533. The van der Waals surface area contributed by atoms with Crippen LogP contribution in [0.2, 0.25) is 0 Å². The summed E-state index contributed by atoms with van der Waals surface area (Å²) >= 11 is 0. The summed E-state index contributed by atoms with van der Waals surface area (Å²) in [6.45, 7) is 2.93. The molecule has 1 aliphatic rings. The molecule has 0 saturated carbocycles. The maximum atomic E-state index is 12.2. The molecule has 0 atom stereocenters. The third-order valence-electron chi connectivity index (χ3n) is 4.26. The topological polar surface area (TPSA) is 95.1 Å². The normalized spacial score (nSPS) is 17.5. The van der Waals surface area contributed by atoms with Crippen LogP contribution in [0.15, 0.2) is 18.6 Å². The second kappa shape index (κ2) is 6.58. The summed E-state index contributed by atoms with van der Waals surface area (Å²) in [5, 5.41) is 0. The molecule has 24 heavy (non-hydrogen) atoms. The van der Waals surface area contributed by atoms with Crippen LogP contribution in [0.3, 0.4) is 0 Å². The minimum Gasteiger partial charge on any atom is -0.341 e. The van der Waals surface area contributed by atoms with Gasteiger partial charge in [-0.1, -0.05) is 0 Å². The van der Waals surface area contributed by atoms with Gasteiger partial charge in [-0.25, -0.2) is 9.97 Å². The van der Waals surface area contributed by atoms with Crippen LogP contribution >= 0.6 is 0 Å². The number of hydrogen-bond donors (Lipinski definition) is 1. The van der Waals surface area contributed by atoms with Crippen molar-refractivity contribution < 1.29 is 8.42 Å². The number of rotatable bonds is 4. The van der Waals surface area contributed by atoms with Crippen molar-refractivity contribution in [2.24, 2.45) is 0 Å². The Balaban J connectivity index is 1.73. The summed E-state index contributed by atoms with van der Waals surface area (Å²) in [4.78, 5) is 16.4. The van der Waals surface area contributed by atoms with E-state index < -0.39 is 10.2 Å². The number of piperidine rings is 1. The van der Waals surface area contributed by atoms with Crippen molar-refractivity contribution >= 4 is 10.2 Å². The number of aromatic nitrogens is 4. The lowest BCUT2D eigenvalue weighted by atomic mass is 9.95. The maximum Gasteiger partial charge on any atom is 0.281 e. The zero-order chi connectivity index (χ0) is 17.3. The Kier molecular flexibility index (Phi) is 4.66. The van der Waals surface area contributed by atoms with Gasteiger partial charge in [0.25, 0.3) is 10.2 Å². The third-order valence-corrected chi connectivity index (χ3v) is 6.20.